The van der Waals surface area contributed by atoms with Gasteiger partial charge >= 0.3 is 0 Å². The van der Waals surface area contributed by atoms with E-state index in [1.807, 2.05) is 18.2 Å². The maximum absolute atomic E-state index is 13.7. The van der Waals surface area contributed by atoms with Gasteiger partial charge in [0.25, 0.3) is 0 Å². The number of hydrogen-bond donors (Lipinski definition) is 0. The fourth-order valence-corrected chi connectivity index (χ4v) is 2.18. The molecular weight excluding hydrogens is 299 g/mol. The molecule has 4 nitrogen and oxygen atoms in total. The molecule has 0 aliphatic rings. The van der Waals surface area contributed by atoms with Crippen molar-refractivity contribution < 1.29 is 23.3 Å². The van der Waals surface area contributed by atoms with Crippen LogP contribution in [0.1, 0.15) is 11.1 Å². The molecule has 5 heteroatoms. The van der Waals surface area contributed by atoms with E-state index < -0.39 is 5.82 Å². The lowest BCUT2D eigenvalue weighted by atomic mass is 10.1. The summed E-state index contributed by atoms with van der Waals surface area (Å²) in [5, 5.41) is 0. The van der Waals surface area contributed by atoms with Crippen molar-refractivity contribution in [3.8, 4) is 23.0 Å². The van der Waals surface area contributed by atoms with E-state index in [1.165, 1.54) is 13.2 Å². The monoisotopic (exact) mass is 318 g/mol. The molecule has 0 saturated heterocycles. The predicted octanol–water partition coefficient (Wildman–Crippen LogP) is 4.03. The second-order valence-corrected chi connectivity index (χ2v) is 4.69. The normalized spacial score (nSPS) is 10.7. The summed E-state index contributed by atoms with van der Waals surface area (Å²) in [6, 6.07) is 8.41. The lowest BCUT2D eigenvalue weighted by Crippen LogP contribution is -1.95. The minimum atomic E-state index is -0.403. The van der Waals surface area contributed by atoms with Crippen LogP contribution >= 0.6 is 0 Å². The van der Waals surface area contributed by atoms with Gasteiger partial charge in [-0.3, -0.25) is 0 Å². The molecule has 0 unspecified atom stereocenters. The standard InChI is InChI=1S/C18H19FO4/c1-20-15-8-7-12(9-14(15)19)5-6-13-10-16(21-2)18(23-4)17(11-13)22-3/h5-11H,1-4H3/b6-5+. The van der Waals surface area contributed by atoms with Crippen molar-refractivity contribution in [3.63, 3.8) is 0 Å². The molecule has 0 radical (unpaired) electrons. The van der Waals surface area contributed by atoms with Crippen molar-refractivity contribution in [2.24, 2.45) is 0 Å². The van der Waals surface area contributed by atoms with Gasteiger partial charge in [0.1, 0.15) is 0 Å². The summed E-state index contributed by atoms with van der Waals surface area (Å²) in [5.74, 6) is 1.47. The van der Waals surface area contributed by atoms with Gasteiger partial charge in [-0.05, 0) is 35.4 Å². The van der Waals surface area contributed by atoms with Gasteiger partial charge in [0.2, 0.25) is 5.75 Å². The van der Waals surface area contributed by atoms with Crippen LogP contribution < -0.4 is 18.9 Å². The Morgan fingerprint density at radius 2 is 1.26 bits per heavy atom. The number of rotatable bonds is 6. The molecular formula is C18H19FO4. The average Bonchev–Trinajstić information content (AvgIpc) is 2.58. The highest BCUT2D eigenvalue weighted by Crippen LogP contribution is 2.38. The highest BCUT2D eigenvalue weighted by atomic mass is 19.1. The first-order valence-corrected chi connectivity index (χ1v) is 6.94. The number of benzene rings is 2. The Kier molecular flexibility index (Phi) is 5.46. The third-order valence-electron chi connectivity index (χ3n) is 3.33. The summed E-state index contributed by atoms with van der Waals surface area (Å²) in [7, 11) is 6.10. The third kappa shape index (κ3) is 3.74. The number of ether oxygens (including phenoxy) is 4. The topological polar surface area (TPSA) is 36.9 Å². The average molecular weight is 318 g/mol. The van der Waals surface area contributed by atoms with Gasteiger partial charge in [-0.15, -0.1) is 0 Å². The summed E-state index contributed by atoms with van der Waals surface area (Å²) >= 11 is 0. The van der Waals surface area contributed by atoms with Gasteiger partial charge in [-0.25, -0.2) is 4.39 Å². The molecule has 0 heterocycles. The van der Waals surface area contributed by atoms with Crippen LogP contribution in [0.5, 0.6) is 23.0 Å². The quantitative estimate of drug-likeness (QED) is 0.754. The smallest absolute Gasteiger partial charge is 0.203 e. The van der Waals surface area contributed by atoms with Crippen molar-refractivity contribution in [1.82, 2.24) is 0 Å². The molecule has 23 heavy (non-hydrogen) atoms. The lowest BCUT2D eigenvalue weighted by molar-refractivity contribution is 0.324. The zero-order chi connectivity index (χ0) is 16.8. The molecule has 0 aromatic heterocycles. The molecule has 0 N–H and O–H groups in total. The Morgan fingerprint density at radius 3 is 1.74 bits per heavy atom. The van der Waals surface area contributed by atoms with Crippen LogP contribution in [0.3, 0.4) is 0 Å². The molecule has 122 valence electrons. The minimum Gasteiger partial charge on any atom is -0.494 e. The van der Waals surface area contributed by atoms with E-state index in [9.17, 15) is 4.39 Å². The zero-order valence-corrected chi connectivity index (χ0v) is 13.6. The van der Waals surface area contributed by atoms with E-state index in [-0.39, 0.29) is 5.75 Å². The van der Waals surface area contributed by atoms with E-state index in [4.69, 9.17) is 18.9 Å². The molecule has 0 amide bonds. The number of hydrogen-bond acceptors (Lipinski definition) is 4. The van der Waals surface area contributed by atoms with Crippen LogP contribution in [0.25, 0.3) is 12.2 Å². The molecule has 0 bridgehead atoms. The van der Waals surface area contributed by atoms with E-state index in [0.29, 0.717) is 17.2 Å². The van der Waals surface area contributed by atoms with Gasteiger partial charge in [-0.2, -0.15) is 0 Å². The van der Waals surface area contributed by atoms with Gasteiger partial charge in [0.15, 0.2) is 23.1 Å². The van der Waals surface area contributed by atoms with Crippen LogP contribution in [0.2, 0.25) is 0 Å². The van der Waals surface area contributed by atoms with Gasteiger partial charge in [0.05, 0.1) is 28.4 Å². The lowest BCUT2D eigenvalue weighted by Gasteiger charge is -2.12. The van der Waals surface area contributed by atoms with Crippen LogP contribution in [-0.2, 0) is 0 Å². The van der Waals surface area contributed by atoms with E-state index in [2.05, 4.69) is 0 Å². The summed E-state index contributed by atoms with van der Waals surface area (Å²) in [6.45, 7) is 0. The minimum absolute atomic E-state index is 0.218. The molecule has 0 saturated carbocycles. The fraction of sp³-hybridized carbons (Fsp3) is 0.222. The predicted molar refractivity (Wildman–Crippen MR) is 88.0 cm³/mol. The molecule has 0 fully saturated rings. The number of halogens is 1. The summed E-state index contributed by atoms with van der Waals surface area (Å²) in [6.07, 6.45) is 3.63. The van der Waals surface area contributed by atoms with E-state index in [0.717, 1.165) is 11.1 Å². The van der Waals surface area contributed by atoms with Crippen LogP contribution in [-0.4, -0.2) is 28.4 Å². The van der Waals surface area contributed by atoms with Crippen molar-refractivity contribution in [1.29, 1.82) is 0 Å². The van der Waals surface area contributed by atoms with E-state index in [1.54, 1.807) is 39.5 Å². The molecule has 0 aliphatic carbocycles. The molecule has 0 atom stereocenters. The van der Waals surface area contributed by atoms with Gasteiger partial charge < -0.3 is 18.9 Å². The molecule has 2 aromatic carbocycles. The summed E-state index contributed by atoms with van der Waals surface area (Å²) in [5.41, 5.74) is 1.56. The maximum atomic E-state index is 13.7. The molecule has 0 aliphatic heterocycles. The van der Waals surface area contributed by atoms with Crippen LogP contribution in [0.4, 0.5) is 4.39 Å². The largest absolute Gasteiger partial charge is 0.494 e. The first kappa shape index (κ1) is 16.7. The second-order valence-electron chi connectivity index (χ2n) is 4.69. The Balaban J connectivity index is 2.34. The van der Waals surface area contributed by atoms with Crippen LogP contribution in [0.15, 0.2) is 30.3 Å². The van der Waals surface area contributed by atoms with Crippen LogP contribution in [0, 0.1) is 5.82 Å². The fourth-order valence-electron chi connectivity index (χ4n) is 2.18. The Morgan fingerprint density at radius 1 is 0.696 bits per heavy atom. The Bertz CT molecular complexity index is 685. The van der Waals surface area contributed by atoms with Crippen molar-refractivity contribution >= 4 is 12.2 Å². The van der Waals surface area contributed by atoms with Crippen molar-refractivity contribution in [2.75, 3.05) is 28.4 Å². The molecule has 0 spiro atoms. The highest BCUT2D eigenvalue weighted by molar-refractivity contribution is 5.73. The zero-order valence-electron chi connectivity index (χ0n) is 13.6. The van der Waals surface area contributed by atoms with Gasteiger partial charge in [0, 0.05) is 0 Å². The SMILES string of the molecule is COc1ccc(/C=C/c2cc(OC)c(OC)c(OC)c2)cc1F. The first-order valence-electron chi connectivity index (χ1n) is 6.94. The van der Waals surface area contributed by atoms with E-state index >= 15 is 0 Å². The highest BCUT2D eigenvalue weighted by Gasteiger charge is 2.12. The first-order chi connectivity index (χ1) is 11.1. The summed E-state index contributed by atoms with van der Waals surface area (Å²) < 4.78 is 34.5. The molecule has 2 rings (SSSR count). The third-order valence-corrected chi connectivity index (χ3v) is 3.33. The Hall–Kier alpha value is -2.69. The number of methoxy groups -OCH3 is 4. The second kappa shape index (κ2) is 7.54. The van der Waals surface area contributed by atoms with Gasteiger partial charge in [-0.1, -0.05) is 18.2 Å². The molecule has 2 aromatic rings. The summed E-state index contributed by atoms with van der Waals surface area (Å²) in [4.78, 5) is 0. The maximum Gasteiger partial charge on any atom is 0.203 e. The Labute approximate surface area is 135 Å². The van der Waals surface area contributed by atoms with Crippen molar-refractivity contribution in [2.45, 2.75) is 0 Å². The van der Waals surface area contributed by atoms with Crippen molar-refractivity contribution in [3.05, 3.63) is 47.3 Å².